The third-order valence-electron chi connectivity index (χ3n) is 3.65. The second-order valence-electron chi connectivity index (χ2n) is 5.04. The zero-order valence-corrected chi connectivity index (χ0v) is 12.7. The van der Waals surface area contributed by atoms with Gasteiger partial charge in [0.05, 0.1) is 5.56 Å². The van der Waals surface area contributed by atoms with Crippen LogP contribution in [0.2, 0.25) is 5.02 Å². The highest BCUT2D eigenvalue weighted by Crippen LogP contribution is 2.29. The van der Waals surface area contributed by atoms with E-state index < -0.39 is 0 Å². The van der Waals surface area contributed by atoms with E-state index in [0.717, 1.165) is 22.3 Å². The van der Waals surface area contributed by atoms with E-state index in [1.54, 1.807) is 12.1 Å². The van der Waals surface area contributed by atoms with E-state index in [2.05, 4.69) is 0 Å². The Kier molecular flexibility index (Phi) is 3.56. The summed E-state index contributed by atoms with van der Waals surface area (Å²) in [5.74, 6) is 0.724. The number of furan rings is 1. The zero-order chi connectivity index (χ0) is 15.0. The van der Waals surface area contributed by atoms with Crippen molar-refractivity contribution in [2.24, 2.45) is 0 Å². The maximum absolute atomic E-state index is 12.9. The molecule has 0 saturated heterocycles. The largest absolute Gasteiger partial charge is 0.460 e. The minimum Gasteiger partial charge on any atom is -0.460 e. The van der Waals surface area contributed by atoms with Crippen LogP contribution in [0.25, 0.3) is 11.0 Å². The quantitative estimate of drug-likeness (QED) is 0.623. The van der Waals surface area contributed by atoms with Gasteiger partial charge in [0.2, 0.25) is 0 Å². The molecule has 0 bridgehead atoms. The van der Waals surface area contributed by atoms with Gasteiger partial charge < -0.3 is 4.42 Å². The number of rotatable bonds is 3. The summed E-state index contributed by atoms with van der Waals surface area (Å²) in [6.45, 7) is 3.89. The number of aryl methyl sites for hydroxylation is 2. The first-order valence-corrected chi connectivity index (χ1v) is 7.31. The lowest BCUT2D eigenvalue weighted by molar-refractivity contribution is 0.103. The average molecular weight is 299 g/mol. The first-order valence-electron chi connectivity index (χ1n) is 6.93. The number of para-hydroxylation sites is 1. The zero-order valence-electron chi connectivity index (χ0n) is 11.9. The standard InChI is InChI=1S/C18H15ClO2/c1-3-15-17(14-6-4-5-7-16(14)21-15)18(20)13-9-8-12(19)10-11(13)2/h4-10H,3H2,1-2H3. The van der Waals surface area contributed by atoms with Gasteiger partial charge in [0.1, 0.15) is 11.3 Å². The number of fused-ring (bicyclic) bond motifs is 1. The van der Waals surface area contributed by atoms with Gasteiger partial charge in [-0.05, 0) is 36.8 Å². The predicted molar refractivity (Wildman–Crippen MR) is 85.2 cm³/mol. The van der Waals surface area contributed by atoms with Gasteiger partial charge in [-0.1, -0.05) is 36.7 Å². The fraction of sp³-hybridized carbons (Fsp3) is 0.167. The van der Waals surface area contributed by atoms with Gasteiger partial charge >= 0.3 is 0 Å². The summed E-state index contributed by atoms with van der Waals surface area (Å²) < 4.78 is 5.81. The molecule has 0 N–H and O–H groups in total. The summed E-state index contributed by atoms with van der Waals surface area (Å²) in [6.07, 6.45) is 0.683. The first-order chi connectivity index (χ1) is 10.1. The van der Waals surface area contributed by atoms with Crippen LogP contribution < -0.4 is 0 Å². The summed E-state index contributed by atoms with van der Waals surface area (Å²) in [4.78, 5) is 12.9. The second kappa shape index (κ2) is 5.38. The topological polar surface area (TPSA) is 30.2 Å². The van der Waals surface area contributed by atoms with Crippen molar-refractivity contribution < 1.29 is 9.21 Å². The number of benzene rings is 2. The van der Waals surface area contributed by atoms with Crippen LogP contribution in [0.1, 0.15) is 34.2 Å². The highest BCUT2D eigenvalue weighted by molar-refractivity contribution is 6.31. The summed E-state index contributed by atoms with van der Waals surface area (Å²) >= 11 is 5.97. The third-order valence-corrected chi connectivity index (χ3v) is 3.88. The van der Waals surface area contributed by atoms with Crippen molar-refractivity contribution in [2.75, 3.05) is 0 Å². The van der Waals surface area contributed by atoms with Crippen LogP contribution in [-0.4, -0.2) is 5.78 Å². The molecule has 0 fully saturated rings. The Labute approximate surface area is 128 Å². The van der Waals surface area contributed by atoms with Crippen molar-refractivity contribution >= 4 is 28.4 Å². The highest BCUT2D eigenvalue weighted by atomic mass is 35.5. The van der Waals surface area contributed by atoms with Crippen LogP contribution in [-0.2, 0) is 6.42 Å². The SMILES string of the molecule is CCc1oc2ccccc2c1C(=O)c1ccc(Cl)cc1C. The van der Waals surface area contributed by atoms with E-state index >= 15 is 0 Å². The van der Waals surface area contributed by atoms with Crippen molar-refractivity contribution in [1.29, 1.82) is 0 Å². The number of carbonyl (C=O) groups excluding carboxylic acids is 1. The third kappa shape index (κ3) is 2.36. The molecule has 0 aliphatic carbocycles. The van der Waals surface area contributed by atoms with Crippen LogP contribution in [0, 0.1) is 6.92 Å². The Morgan fingerprint density at radius 3 is 2.67 bits per heavy atom. The molecule has 0 unspecified atom stereocenters. The van der Waals surface area contributed by atoms with Gasteiger partial charge in [-0.3, -0.25) is 4.79 Å². The molecular weight excluding hydrogens is 284 g/mol. The molecular formula is C18H15ClO2. The molecule has 3 rings (SSSR count). The molecule has 1 heterocycles. The molecule has 0 spiro atoms. The molecule has 3 aromatic rings. The number of halogens is 1. The normalized spacial score (nSPS) is 11.0. The van der Waals surface area contributed by atoms with Crippen LogP contribution in [0.5, 0.6) is 0 Å². The van der Waals surface area contributed by atoms with Gasteiger partial charge in [-0.25, -0.2) is 0 Å². The molecule has 106 valence electrons. The van der Waals surface area contributed by atoms with E-state index in [0.29, 0.717) is 22.6 Å². The summed E-state index contributed by atoms with van der Waals surface area (Å²) in [7, 11) is 0. The Bertz CT molecular complexity index is 830. The van der Waals surface area contributed by atoms with Crippen LogP contribution in [0.4, 0.5) is 0 Å². The van der Waals surface area contributed by atoms with Crippen molar-refractivity contribution in [2.45, 2.75) is 20.3 Å². The van der Waals surface area contributed by atoms with E-state index in [-0.39, 0.29) is 5.78 Å². The molecule has 2 aromatic carbocycles. The van der Waals surface area contributed by atoms with Crippen LogP contribution in [0.3, 0.4) is 0 Å². The number of hydrogen-bond donors (Lipinski definition) is 0. The maximum atomic E-state index is 12.9. The second-order valence-corrected chi connectivity index (χ2v) is 5.47. The minimum absolute atomic E-state index is 0.00836. The minimum atomic E-state index is -0.00836. The van der Waals surface area contributed by atoms with Crippen molar-refractivity contribution in [3.63, 3.8) is 0 Å². The molecule has 2 nitrogen and oxygen atoms in total. The Balaban J connectivity index is 2.21. The lowest BCUT2D eigenvalue weighted by Crippen LogP contribution is -2.05. The van der Waals surface area contributed by atoms with Gasteiger partial charge in [0.25, 0.3) is 0 Å². The molecule has 0 radical (unpaired) electrons. The molecule has 0 amide bonds. The molecule has 21 heavy (non-hydrogen) atoms. The fourth-order valence-electron chi connectivity index (χ4n) is 2.61. The summed E-state index contributed by atoms with van der Waals surface area (Å²) in [5, 5.41) is 1.51. The number of ketones is 1. The van der Waals surface area contributed by atoms with Crippen molar-refractivity contribution in [1.82, 2.24) is 0 Å². The highest BCUT2D eigenvalue weighted by Gasteiger charge is 2.21. The van der Waals surface area contributed by atoms with E-state index in [1.165, 1.54) is 0 Å². The summed E-state index contributed by atoms with van der Waals surface area (Å²) in [5.41, 5.74) is 2.96. The van der Waals surface area contributed by atoms with Gasteiger partial charge in [0.15, 0.2) is 5.78 Å². The van der Waals surface area contributed by atoms with Crippen LogP contribution >= 0.6 is 11.6 Å². The smallest absolute Gasteiger partial charge is 0.197 e. The maximum Gasteiger partial charge on any atom is 0.197 e. The molecule has 0 atom stereocenters. The molecule has 3 heteroatoms. The van der Waals surface area contributed by atoms with E-state index in [1.807, 2.05) is 44.2 Å². The van der Waals surface area contributed by atoms with E-state index in [4.69, 9.17) is 16.0 Å². The Morgan fingerprint density at radius 2 is 1.95 bits per heavy atom. The van der Waals surface area contributed by atoms with Gasteiger partial charge in [-0.15, -0.1) is 0 Å². The Morgan fingerprint density at radius 1 is 1.19 bits per heavy atom. The number of hydrogen-bond acceptors (Lipinski definition) is 2. The van der Waals surface area contributed by atoms with Crippen molar-refractivity contribution in [3.05, 3.63) is 69.9 Å². The molecule has 0 saturated carbocycles. The first kappa shape index (κ1) is 13.9. The lowest BCUT2D eigenvalue weighted by atomic mass is 9.96. The van der Waals surface area contributed by atoms with Crippen LogP contribution in [0.15, 0.2) is 46.9 Å². The molecule has 0 aliphatic heterocycles. The van der Waals surface area contributed by atoms with E-state index in [9.17, 15) is 4.79 Å². The van der Waals surface area contributed by atoms with Gasteiger partial charge in [0, 0.05) is 22.4 Å². The predicted octanol–water partition coefficient (Wildman–Crippen LogP) is 5.19. The lowest BCUT2D eigenvalue weighted by Gasteiger charge is -2.06. The van der Waals surface area contributed by atoms with Gasteiger partial charge in [-0.2, -0.15) is 0 Å². The molecule has 0 aliphatic rings. The Hall–Kier alpha value is -2.06. The fourth-order valence-corrected chi connectivity index (χ4v) is 2.84. The average Bonchev–Trinajstić information content (AvgIpc) is 2.85. The monoisotopic (exact) mass is 298 g/mol. The molecule has 1 aromatic heterocycles. The summed E-state index contributed by atoms with van der Waals surface area (Å²) in [6, 6.07) is 13.0. The number of carbonyl (C=O) groups is 1. The van der Waals surface area contributed by atoms with Crippen molar-refractivity contribution in [3.8, 4) is 0 Å².